The Morgan fingerprint density at radius 3 is 2.63 bits per heavy atom. The summed E-state index contributed by atoms with van der Waals surface area (Å²) in [7, 11) is 0. The normalized spacial score (nSPS) is 10.6. The maximum absolute atomic E-state index is 13.1. The van der Waals surface area contributed by atoms with E-state index in [0.29, 0.717) is 22.3 Å². The van der Waals surface area contributed by atoms with Crippen molar-refractivity contribution in [3.8, 4) is 11.3 Å². The lowest BCUT2D eigenvalue weighted by molar-refractivity contribution is -0.123. The van der Waals surface area contributed by atoms with Crippen LogP contribution in [0, 0.1) is 12.7 Å². The van der Waals surface area contributed by atoms with Crippen molar-refractivity contribution >= 4 is 29.0 Å². The Hall–Kier alpha value is -3.82. The highest BCUT2D eigenvalue weighted by Crippen LogP contribution is 2.27. The fourth-order valence-corrected chi connectivity index (χ4v) is 2.41. The molecule has 0 fully saturated rings. The minimum absolute atomic E-state index is 0.0601. The molecule has 1 aromatic carbocycles. The number of nitrogens with zero attached hydrogens (tertiary/aromatic N) is 2. The summed E-state index contributed by atoms with van der Waals surface area (Å²) in [5.74, 6) is -2.14. The molecule has 2 aromatic heterocycles. The molecule has 0 saturated heterocycles. The van der Waals surface area contributed by atoms with Crippen LogP contribution in [0.4, 0.5) is 9.18 Å². The van der Waals surface area contributed by atoms with Crippen molar-refractivity contribution in [2.45, 2.75) is 6.92 Å². The predicted molar refractivity (Wildman–Crippen MR) is 89.9 cm³/mol. The van der Waals surface area contributed by atoms with Gasteiger partial charge in [0.1, 0.15) is 5.82 Å². The van der Waals surface area contributed by atoms with Gasteiger partial charge in [0.25, 0.3) is 11.6 Å². The van der Waals surface area contributed by atoms with Crippen LogP contribution < -0.4 is 11.1 Å². The van der Waals surface area contributed by atoms with Gasteiger partial charge in [0.05, 0.1) is 22.3 Å². The van der Waals surface area contributed by atoms with Crippen LogP contribution in [0.15, 0.2) is 34.9 Å². The number of esters is 1. The Morgan fingerprint density at radius 1 is 1.26 bits per heavy atom. The van der Waals surface area contributed by atoms with E-state index in [4.69, 9.17) is 15.0 Å². The van der Waals surface area contributed by atoms with E-state index in [1.807, 2.05) is 0 Å². The molecule has 0 bridgehead atoms. The largest absolute Gasteiger partial charge is 0.452 e. The topological polar surface area (TPSA) is 137 Å². The molecule has 0 atom stereocenters. The molecule has 0 spiro atoms. The highest BCUT2D eigenvalue weighted by atomic mass is 19.1. The molecule has 2 heterocycles. The van der Waals surface area contributed by atoms with Gasteiger partial charge in [-0.2, -0.15) is 0 Å². The first-order valence-corrected chi connectivity index (χ1v) is 7.64. The molecule has 0 aliphatic heterocycles. The van der Waals surface area contributed by atoms with E-state index < -0.39 is 30.3 Å². The van der Waals surface area contributed by atoms with Gasteiger partial charge in [0, 0.05) is 5.56 Å². The van der Waals surface area contributed by atoms with Crippen LogP contribution in [-0.4, -0.2) is 34.7 Å². The molecular formula is C17H13FN4O5. The van der Waals surface area contributed by atoms with Gasteiger partial charge in [-0.25, -0.2) is 19.0 Å². The van der Waals surface area contributed by atoms with Crippen molar-refractivity contribution in [3.05, 3.63) is 47.4 Å². The summed E-state index contributed by atoms with van der Waals surface area (Å²) in [5.41, 5.74) is 6.23. The fraction of sp³-hybridized carbons (Fsp3) is 0.118. The van der Waals surface area contributed by atoms with Crippen LogP contribution in [0.25, 0.3) is 22.4 Å². The third kappa shape index (κ3) is 3.89. The van der Waals surface area contributed by atoms with Gasteiger partial charge in [-0.3, -0.25) is 10.1 Å². The molecule has 3 rings (SSSR count). The number of urea groups is 1. The molecule has 138 valence electrons. The van der Waals surface area contributed by atoms with Gasteiger partial charge >= 0.3 is 12.0 Å². The second-order valence-electron chi connectivity index (χ2n) is 5.50. The maximum atomic E-state index is 13.1. The number of ether oxygens (including phenoxy) is 1. The van der Waals surface area contributed by atoms with Crippen LogP contribution in [-0.2, 0) is 9.53 Å². The van der Waals surface area contributed by atoms with Crippen molar-refractivity contribution in [2.75, 3.05) is 6.61 Å². The Labute approximate surface area is 151 Å². The predicted octanol–water partition coefficient (Wildman–Crippen LogP) is 1.69. The average Bonchev–Trinajstić information content (AvgIpc) is 3.00. The van der Waals surface area contributed by atoms with Crippen molar-refractivity contribution in [3.63, 3.8) is 0 Å². The van der Waals surface area contributed by atoms with Gasteiger partial charge < -0.3 is 15.0 Å². The van der Waals surface area contributed by atoms with Crippen LogP contribution >= 0.6 is 0 Å². The van der Waals surface area contributed by atoms with Crippen LogP contribution in [0.2, 0.25) is 0 Å². The molecule has 0 aliphatic rings. The second kappa shape index (κ2) is 7.20. The van der Waals surface area contributed by atoms with Gasteiger partial charge in [-0.05, 0) is 37.3 Å². The molecule has 0 radical (unpaired) electrons. The van der Waals surface area contributed by atoms with E-state index in [2.05, 4.69) is 10.1 Å². The van der Waals surface area contributed by atoms with Gasteiger partial charge in [0.2, 0.25) is 0 Å². The fourth-order valence-electron chi connectivity index (χ4n) is 2.41. The van der Waals surface area contributed by atoms with Gasteiger partial charge in [0.15, 0.2) is 6.61 Å². The third-order valence-electron chi connectivity index (χ3n) is 3.57. The minimum Gasteiger partial charge on any atom is -0.452 e. The molecular weight excluding hydrogens is 359 g/mol. The summed E-state index contributed by atoms with van der Waals surface area (Å²) in [4.78, 5) is 38.8. The van der Waals surface area contributed by atoms with Crippen LogP contribution in [0.5, 0.6) is 0 Å². The van der Waals surface area contributed by atoms with E-state index in [9.17, 15) is 18.8 Å². The lowest BCUT2D eigenvalue weighted by atomic mass is 10.1. The maximum Gasteiger partial charge on any atom is 0.339 e. The summed E-state index contributed by atoms with van der Waals surface area (Å²) in [6.45, 7) is 0.906. The minimum atomic E-state index is -1.06. The highest BCUT2D eigenvalue weighted by Gasteiger charge is 2.21. The van der Waals surface area contributed by atoms with Crippen molar-refractivity contribution in [1.82, 2.24) is 15.5 Å². The summed E-state index contributed by atoms with van der Waals surface area (Å²) < 4.78 is 23.2. The number of aryl methyl sites for hydroxylation is 1. The highest BCUT2D eigenvalue weighted by molar-refractivity contribution is 6.05. The number of fused-ring (bicyclic) bond motifs is 1. The molecule has 0 saturated carbocycles. The number of pyridine rings is 1. The summed E-state index contributed by atoms with van der Waals surface area (Å²) in [5, 5.41) is 5.88. The number of benzene rings is 1. The number of aromatic nitrogens is 2. The Balaban J connectivity index is 1.96. The molecule has 3 amide bonds. The summed E-state index contributed by atoms with van der Waals surface area (Å²) in [6, 6.07) is 5.84. The zero-order valence-corrected chi connectivity index (χ0v) is 14.0. The number of imide groups is 1. The smallest absolute Gasteiger partial charge is 0.339 e. The van der Waals surface area contributed by atoms with E-state index in [1.165, 1.54) is 30.3 Å². The number of hydrogen-bond donors (Lipinski definition) is 2. The number of carbonyl (C=O) groups is 3. The van der Waals surface area contributed by atoms with E-state index in [1.54, 1.807) is 12.2 Å². The number of nitrogens with one attached hydrogen (secondary N) is 1. The van der Waals surface area contributed by atoms with Crippen molar-refractivity contribution < 1.29 is 28.0 Å². The molecule has 10 heteroatoms. The Morgan fingerprint density at radius 2 is 1.96 bits per heavy atom. The summed E-state index contributed by atoms with van der Waals surface area (Å²) >= 11 is 0. The zero-order chi connectivity index (χ0) is 19.6. The molecule has 0 unspecified atom stereocenters. The number of amides is 3. The lowest BCUT2D eigenvalue weighted by Crippen LogP contribution is -2.37. The summed E-state index contributed by atoms with van der Waals surface area (Å²) in [6.07, 6.45) is 0. The SMILES string of the molecule is Cc1noc2nc(-c3ccc(F)cc3)cc(C(=O)OCC(=O)NC(N)=O)c12. The number of primary amides is 1. The molecule has 0 aliphatic carbocycles. The monoisotopic (exact) mass is 372 g/mol. The number of halogens is 1. The van der Waals surface area contributed by atoms with Crippen molar-refractivity contribution in [1.29, 1.82) is 0 Å². The lowest BCUT2D eigenvalue weighted by Gasteiger charge is -2.07. The second-order valence-corrected chi connectivity index (χ2v) is 5.50. The zero-order valence-electron chi connectivity index (χ0n) is 14.0. The molecule has 3 N–H and O–H groups in total. The van der Waals surface area contributed by atoms with Crippen molar-refractivity contribution in [2.24, 2.45) is 5.73 Å². The quantitative estimate of drug-likeness (QED) is 0.665. The van der Waals surface area contributed by atoms with E-state index in [0.717, 1.165) is 0 Å². The molecule has 9 nitrogen and oxygen atoms in total. The Kier molecular flexibility index (Phi) is 4.79. The number of nitrogens with two attached hydrogens (primary N) is 1. The number of rotatable bonds is 4. The Bertz CT molecular complexity index is 1050. The third-order valence-corrected chi connectivity index (χ3v) is 3.57. The number of hydrogen-bond acceptors (Lipinski definition) is 7. The van der Waals surface area contributed by atoms with E-state index >= 15 is 0 Å². The standard InChI is InChI=1S/C17H13FN4O5/c1-8-14-11(16(24)26-7-13(23)21-17(19)25)6-12(20-15(14)27-22-8)9-2-4-10(18)5-3-9/h2-6H,7H2,1H3,(H3,19,21,23,25). The van der Waals surface area contributed by atoms with E-state index in [-0.39, 0.29) is 11.3 Å². The van der Waals surface area contributed by atoms with Crippen LogP contribution in [0.1, 0.15) is 16.1 Å². The van der Waals surface area contributed by atoms with Crippen LogP contribution in [0.3, 0.4) is 0 Å². The first-order chi connectivity index (χ1) is 12.8. The molecule has 3 aromatic rings. The first-order valence-electron chi connectivity index (χ1n) is 7.64. The number of carbonyl (C=O) groups excluding carboxylic acids is 3. The van der Waals surface area contributed by atoms with Gasteiger partial charge in [-0.1, -0.05) is 5.16 Å². The first kappa shape index (κ1) is 18.0. The van der Waals surface area contributed by atoms with Gasteiger partial charge in [-0.15, -0.1) is 0 Å². The average molecular weight is 372 g/mol. The molecule has 27 heavy (non-hydrogen) atoms.